The van der Waals surface area contributed by atoms with E-state index in [0.29, 0.717) is 41.9 Å². The van der Waals surface area contributed by atoms with Crippen molar-refractivity contribution >= 4 is 11.9 Å². The van der Waals surface area contributed by atoms with Gasteiger partial charge in [0.2, 0.25) is 0 Å². The number of carbonyl (C=O) groups excluding carboxylic acids is 2. The van der Waals surface area contributed by atoms with Gasteiger partial charge in [-0.15, -0.1) is 0 Å². The molecule has 0 bridgehead atoms. The smallest absolute Gasteiger partial charge is 0.333 e. The molecule has 5 atom stereocenters. The molecule has 0 radical (unpaired) electrons. The summed E-state index contributed by atoms with van der Waals surface area (Å²) >= 11 is 0. The summed E-state index contributed by atoms with van der Waals surface area (Å²) in [4.78, 5) is 33.8. The Morgan fingerprint density at radius 3 is 1.91 bits per heavy atom. The SMILES string of the molecule is C/C1=C\[C@H](C)C[C@H](C)[C@H](Cc2cnco2)OC(=O)/C(C)=C/CC[C@H](C)[C@H](Cc2cnco2)OC1=O. The van der Waals surface area contributed by atoms with Crippen molar-refractivity contribution in [3.05, 3.63) is 60.0 Å². The zero-order valence-corrected chi connectivity index (χ0v) is 21.2. The Morgan fingerprint density at radius 1 is 0.829 bits per heavy atom. The lowest BCUT2D eigenvalue weighted by Crippen LogP contribution is -2.30. The molecule has 8 heteroatoms. The molecule has 190 valence electrons. The van der Waals surface area contributed by atoms with Gasteiger partial charge in [0.05, 0.1) is 12.4 Å². The summed E-state index contributed by atoms with van der Waals surface area (Å²) in [6, 6.07) is 0. The summed E-state index contributed by atoms with van der Waals surface area (Å²) in [6.45, 7) is 9.68. The number of cyclic esters (lactones) is 2. The van der Waals surface area contributed by atoms with E-state index in [4.69, 9.17) is 18.3 Å². The highest BCUT2D eigenvalue weighted by molar-refractivity contribution is 5.88. The molecule has 0 saturated carbocycles. The normalized spacial score (nSPS) is 30.5. The van der Waals surface area contributed by atoms with Gasteiger partial charge >= 0.3 is 11.9 Å². The van der Waals surface area contributed by atoms with Crippen molar-refractivity contribution < 1.29 is 27.9 Å². The maximum absolute atomic E-state index is 13.0. The molecule has 8 nitrogen and oxygen atoms in total. The van der Waals surface area contributed by atoms with Crippen molar-refractivity contribution in [2.45, 2.75) is 78.9 Å². The number of hydrogen-bond donors (Lipinski definition) is 0. The second kappa shape index (κ2) is 12.5. The van der Waals surface area contributed by atoms with Crippen LogP contribution in [0, 0.1) is 17.8 Å². The van der Waals surface area contributed by atoms with Crippen LogP contribution in [0.1, 0.15) is 65.4 Å². The number of oxazole rings is 2. The molecule has 3 heterocycles. The van der Waals surface area contributed by atoms with Gasteiger partial charge in [0.25, 0.3) is 0 Å². The Labute approximate surface area is 206 Å². The van der Waals surface area contributed by atoms with Crippen molar-refractivity contribution in [2.24, 2.45) is 17.8 Å². The molecular weight excluding hydrogens is 448 g/mol. The van der Waals surface area contributed by atoms with E-state index < -0.39 is 0 Å². The molecule has 1 aliphatic heterocycles. The Bertz CT molecular complexity index is 1010. The lowest BCUT2D eigenvalue weighted by Gasteiger charge is -2.26. The van der Waals surface area contributed by atoms with Gasteiger partial charge in [-0.05, 0) is 50.9 Å². The van der Waals surface area contributed by atoms with Crippen LogP contribution in [0.5, 0.6) is 0 Å². The second-order valence-corrected chi connectivity index (χ2v) is 9.71. The third-order valence-corrected chi connectivity index (χ3v) is 6.55. The average Bonchev–Trinajstić information content (AvgIpc) is 3.51. The van der Waals surface area contributed by atoms with Crippen LogP contribution in [0.2, 0.25) is 0 Å². The maximum Gasteiger partial charge on any atom is 0.333 e. The number of ether oxygens (including phenoxy) is 2. The Hall–Kier alpha value is -3.16. The molecular formula is C27H36N2O6. The number of nitrogens with zero attached hydrogens (tertiary/aromatic N) is 2. The Balaban J connectivity index is 1.83. The highest BCUT2D eigenvalue weighted by Gasteiger charge is 2.27. The zero-order valence-electron chi connectivity index (χ0n) is 21.2. The summed E-state index contributed by atoms with van der Waals surface area (Å²) < 4.78 is 22.7. The predicted molar refractivity (Wildman–Crippen MR) is 129 cm³/mol. The van der Waals surface area contributed by atoms with Crippen LogP contribution in [-0.4, -0.2) is 34.1 Å². The van der Waals surface area contributed by atoms with Crippen LogP contribution < -0.4 is 0 Å². The minimum absolute atomic E-state index is 0.0269. The van der Waals surface area contributed by atoms with Crippen LogP contribution in [0.15, 0.2) is 57.3 Å². The van der Waals surface area contributed by atoms with E-state index >= 15 is 0 Å². The molecule has 1 aliphatic rings. The molecule has 0 amide bonds. The number of allylic oxidation sites excluding steroid dienone is 2. The molecule has 2 aromatic heterocycles. The summed E-state index contributed by atoms with van der Waals surface area (Å²) in [6.07, 6.45) is 12.1. The zero-order chi connectivity index (χ0) is 25.4. The predicted octanol–water partition coefficient (Wildman–Crippen LogP) is 5.26. The second-order valence-electron chi connectivity index (χ2n) is 9.71. The van der Waals surface area contributed by atoms with Gasteiger partial charge in [-0.3, -0.25) is 0 Å². The third kappa shape index (κ3) is 7.94. The lowest BCUT2D eigenvalue weighted by molar-refractivity contribution is -0.147. The molecule has 0 spiro atoms. The summed E-state index contributed by atoms with van der Waals surface area (Å²) in [5, 5.41) is 0. The first-order valence-corrected chi connectivity index (χ1v) is 12.2. The third-order valence-electron chi connectivity index (χ3n) is 6.55. The summed E-state index contributed by atoms with van der Waals surface area (Å²) in [5.41, 5.74) is 1.12. The molecule has 2 aromatic rings. The Kier molecular flexibility index (Phi) is 9.46. The number of carbonyl (C=O) groups is 2. The molecule has 0 unspecified atom stereocenters. The monoisotopic (exact) mass is 484 g/mol. The van der Waals surface area contributed by atoms with Crippen molar-refractivity contribution in [1.29, 1.82) is 0 Å². The molecule has 0 aliphatic carbocycles. The van der Waals surface area contributed by atoms with Crippen LogP contribution in [0.3, 0.4) is 0 Å². The highest BCUT2D eigenvalue weighted by atomic mass is 16.5. The van der Waals surface area contributed by atoms with Crippen LogP contribution in [-0.2, 0) is 31.9 Å². The van der Waals surface area contributed by atoms with Crippen LogP contribution in [0.25, 0.3) is 0 Å². The molecule has 0 aromatic carbocycles. The van der Waals surface area contributed by atoms with Gasteiger partial charge in [0, 0.05) is 24.0 Å². The van der Waals surface area contributed by atoms with Crippen molar-refractivity contribution in [2.75, 3.05) is 0 Å². The van der Waals surface area contributed by atoms with Crippen LogP contribution in [0.4, 0.5) is 0 Å². The van der Waals surface area contributed by atoms with E-state index in [0.717, 1.165) is 12.8 Å². The van der Waals surface area contributed by atoms with Crippen LogP contribution >= 0.6 is 0 Å². The number of aromatic nitrogens is 2. The van der Waals surface area contributed by atoms with E-state index in [9.17, 15) is 9.59 Å². The summed E-state index contributed by atoms with van der Waals surface area (Å²) in [5.74, 6) is 0.819. The minimum Gasteiger partial charge on any atom is -0.458 e. The van der Waals surface area contributed by atoms with E-state index in [-0.39, 0.29) is 41.9 Å². The van der Waals surface area contributed by atoms with Gasteiger partial charge in [0.15, 0.2) is 12.8 Å². The summed E-state index contributed by atoms with van der Waals surface area (Å²) in [7, 11) is 0. The maximum atomic E-state index is 13.0. The highest BCUT2D eigenvalue weighted by Crippen LogP contribution is 2.26. The topological polar surface area (TPSA) is 105 Å². The Morgan fingerprint density at radius 2 is 1.37 bits per heavy atom. The van der Waals surface area contributed by atoms with E-state index in [1.807, 2.05) is 32.9 Å². The van der Waals surface area contributed by atoms with Gasteiger partial charge in [-0.1, -0.05) is 32.9 Å². The van der Waals surface area contributed by atoms with Gasteiger partial charge in [0.1, 0.15) is 23.7 Å². The molecule has 3 rings (SSSR count). The van der Waals surface area contributed by atoms with Gasteiger partial charge < -0.3 is 18.3 Å². The van der Waals surface area contributed by atoms with Gasteiger partial charge in [-0.25, -0.2) is 19.6 Å². The fourth-order valence-electron chi connectivity index (χ4n) is 4.39. The average molecular weight is 485 g/mol. The number of rotatable bonds is 4. The van der Waals surface area contributed by atoms with Crippen molar-refractivity contribution in [3.63, 3.8) is 0 Å². The first-order chi connectivity index (χ1) is 16.7. The first kappa shape index (κ1) is 26.4. The number of hydrogen-bond acceptors (Lipinski definition) is 8. The number of esters is 2. The fourth-order valence-corrected chi connectivity index (χ4v) is 4.39. The quantitative estimate of drug-likeness (QED) is 0.542. The standard InChI is InChI=1S/C27H36N2O6/c1-17-9-20(4)25(12-23-14-29-16-33-23)35-26(30)19(3)8-6-7-18(2)24(11-22-13-28-15-32-22)34-27(31)21(5)10-17/h8,10,13-18,20,24-25H,6-7,9,11-12H2,1-5H3/b19-8+,21-10+/t17-,18+,20+,24+,25+/m1/s1. The van der Waals surface area contributed by atoms with E-state index in [1.54, 1.807) is 26.2 Å². The largest absolute Gasteiger partial charge is 0.458 e. The molecule has 0 saturated heterocycles. The fraction of sp³-hybridized carbons (Fsp3) is 0.556. The van der Waals surface area contributed by atoms with Crippen molar-refractivity contribution in [1.82, 2.24) is 9.97 Å². The molecule has 35 heavy (non-hydrogen) atoms. The first-order valence-electron chi connectivity index (χ1n) is 12.2. The van der Waals surface area contributed by atoms with E-state index in [1.165, 1.54) is 12.8 Å². The molecule has 0 fully saturated rings. The van der Waals surface area contributed by atoms with Gasteiger partial charge in [-0.2, -0.15) is 0 Å². The van der Waals surface area contributed by atoms with Crippen molar-refractivity contribution in [3.8, 4) is 0 Å². The molecule has 0 N–H and O–H groups in total. The van der Waals surface area contributed by atoms with E-state index in [2.05, 4.69) is 9.97 Å². The minimum atomic E-state index is -0.375. The lowest BCUT2D eigenvalue weighted by atomic mass is 9.89.